The van der Waals surface area contributed by atoms with Gasteiger partial charge in [-0.15, -0.1) is 0 Å². The third-order valence-corrected chi connectivity index (χ3v) is 12.1. The van der Waals surface area contributed by atoms with Crippen molar-refractivity contribution in [2.45, 2.75) is 11.8 Å². The lowest BCUT2D eigenvalue weighted by molar-refractivity contribution is 0.102. The molecule has 3 aromatic rings. The van der Waals surface area contributed by atoms with Crippen LogP contribution in [0.5, 0.6) is 0 Å². The Labute approximate surface area is 240 Å². The lowest BCUT2D eigenvalue weighted by atomic mass is 9.59. The van der Waals surface area contributed by atoms with E-state index in [-0.39, 0.29) is 23.4 Å². The van der Waals surface area contributed by atoms with Gasteiger partial charge in [-0.25, -0.2) is 0 Å². The van der Waals surface area contributed by atoms with Crippen molar-refractivity contribution in [3.8, 4) is 0 Å². The van der Waals surface area contributed by atoms with Gasteiger partial charge in [-0.1, -0.05) is 54.6 Å². The molecule has 0 saturated heterocycles. The number of fused-ring (bicyclic) bond motifs is 4. The molecule has 0 amide bonds. The van der Waals surface area contributed by atoms with E-state index in [1.807, 2.05) is 36.4 Å². The highest BCUT2D eigenvalue weighted by Gasteiger charge is 2.47. The molecule has 0 radical (unpaired) electrons. The number of allylic oxidation sites excluding steroid dienone is 7. The van der Waals surface area contributed by atoms with Crippen molar-refractivity contribution in [2.24, 2.45) is 0 Å². The van der Waals surface area contributed by atoms with Crippen LogP contribution in [-0.2, 0) is 0 Å². The van der Waals surface area contributed by atoms with Crippen LogP contribution in [0.4, 0.5) is 0 Å². The van der Waals surface area contributed by atoms with Crippen LogP contribution in [0, 0.1) is 0 Å². The second kappa shape index (κ2) is 7.25. The van der Waals surface area contributed by atoms with Gasteiger partial charge >= 0.3 is 0 Å². The van der Waals surface area contributed by atoms with E-state index < -0.39 is 0 Å². The van der Waals surface area contributed by atoms with Crippen LogP contribution in [-0.4, -0.2) is 11.6 Å². The normalized spacial score (nSPS) is 21.8. The molecule has 8 rings (SSSR count). The van der Waals surface area contributed by atoms with Crippen molar-refractivity contribution in [3.05, 3.63) is 135 Å². The van der Waals surface area contributed by atoms with Gasteiger partial charge in [-0.2, -0.15) is 0 Å². The molecule has 3 aromatic carbocycles. The standard InChI is InChI=1S/C30H12Br4O2/c31-19-10-18-24(28(34)27(19)33)25-23-16(30(18)36)6-5-11-9-17-12-3-1-2-4-13(12)29(35)15-8-7-14(26(25)32)22(20(11)23)21(15)17/h1-10,17,20H. The molecule has 0 saturated carbocycles. The first-order valence-corrected chi connectivity index (χ1v) is 14.6. The Morgan fingerprint density at radius 2 is 1.50 bits per heavy atom. The fourth-order valence-corrected chi connectivity index (χ4v) is 8.99. The monoisotopic (exact) mass is 720 g/mol. The lowest BCUT2D eigenvalue weighted by Crippen LogP contribution is -2.31. The Balaban J connectivity index is 1.53. The minimum Gasteiger partial charge on any atom is -0.289 e. The summed E-state index contributed by atoms with van der Waals surface area (Å²) in [5.74, 6) is 0.00809. The maximum atomic E-state index is 13.9. The van der Waals surface area contributed by atoms with Gasteiger partial charge in [-0.3, -0.25) is 9.59 Å². The summed E-state index contributed by atoms with van der Waals surface area (Å²) in [6, 6.07) is 13.9. The smallest absolute Gasteiger partial charge is 0.194 e. The Morgan fingerprint density at radius 1 is 0.722 bits per heavy atom. The highest BCUT2D eigenvalue weighted by Crippen LogP contribution is 2.62. The molecule has 2 unspecified atom stereocenters. The number of hydrogen-bond acceptors (Lipinski definition) is 2. The van der Waals surface area contributed by atoms with E-state index in [9.17, 15) is 9.59 Å². The number of carbonyl (C=O) groups is 2. The number of halogens is 4. The average molecular weight is 724 g/mol. The summed E-state index contributed by atoms with van der Waals surface area (Å²) in [7, 11) is 0. The minimum atomic E-state index is -0.0908. The molecule has 2 nitrogen and oxygen atoms in total. The molecule has 0 N–H and O–H groups in total. The van der Waals surface area contributed by atoms with Crippen LogP contribution in [0.25, 0.3) is 10.1 Å². The first-order chi connectivity index (χ1) is 17.4. The topological polar surface area (TPSA) is 34.1 Å². The predicted molar refractivity (Wildman–Crippen MR) is 155 cm³/mol. The first-order valence-electron chi connectivity index (χ1n) is 11.5. The number of carbonyl (C=O) groups excluding carboxylic acids is 2. The number of hydrogen-bond donors (Lipinski definition) is 0. The van der Waals surface area contributed by atoms with E-state index in [4.69, 9.17) is 0 Å². The number of Topliss-reactive ketones (excluding diaryl/α,β-unsaturated/α-hetero) is 1. The molecule has 0 heterocycles. The summed E-state index contributed by atoms with van der Waals surface area (Å²) in [5, 5.41) is 0. The molecule has 0 spiro atoms. The van der Waals surface area contributed by atoms with Crippen molar-refractivity contribution in [2.75, 3.05) is 0 Å². The summed E-state index contributed by atoms with van der Waals surface area (Å²) in [5.41, 5.74) is 11.4. The van der Waals surface area contributed by atoms with Crippen LogP contribution in [0.1, 0.15) is 65.9 Å². The van der Waals surface area contributed by atoms with Gasteiger partial charge in [-0.05, 0) is 103 Å². The van der Waals surface area contributed by atoms with Gasteiger partial charge in [0.15, 0.2) is 11.6 Å². The summed E-state index contributed by atoms with van der Waals surface area (Å²) < 4.78 is 3.49. The maximum Gasteiger partial charge on any atom is 0.194 e. The van der Waals surface area contributed by atoms with E-state index >= 15 is 0 Å². The van der Waals surface area contributed by atoms with Crippen molar-refractivity contribution < 1.29 is 9.59 Å². The second-order valence-corrected chi connectivity index (χ2v) is 12.8. The lowest BCUT2D eigenvalue weighted by Gasteiger charge is -2.44. The van der Waals surface area contributed by atoms with E-state index in [2.05, 4.69) is 88.0 Å². The maximum absolute atomic E-state index is 13.9. The van der Waals surface area contributed by atoms with E-state index in [0.717, 1.165) is 73.6 Å². The van der Waals surface area contributed by atoms with Gasteiger partial charge in [0.1, 0.15) is 0 Å². The SMILES string of the molecule is O=C1C2=C3C(=C(Br)c4ccc5c6c4C3C(=CC6c3ccccc3C5=O)C=C2)c2c1cc(Br)c(Br)c2Br. The zero-order chi connectivity index (χ0) is 24.6. The molecular weight excluding hydrogens is 712 g/mol. The van der Waals surface area contributed by atoms with Crippen molar-refractivity contribution in [3.63, 3.8) is 0 Å². The Bertz CT molecular complexity index is 1820. The molecule has 172 valence electrons. The Kier molecular flexibility index (Phi) is 4.42. The molecule has 5 aliphatic rings. The highest BCUT2D eigenvalue weighted by molar-refractivity contribution is 9.15. The molecule has 0 aromatic heterocycles. The summed E-state index contributed by atoms with van der Waals surface area (Å²) in [6.45, 7) is 0. The molecule has 2 atom stereocenters. The van der Waals surface area contributed by atoms with Gasteiger partial charge in [0.05, 0.1) is 0 Å². The second-order valence-electron chi connectivity index (χ2n) is 9.57. The largest absolute Gasteiger partial charge is 0.289 e. The fraction of sp³-hybridized carbons (Fsp3) is 0.0667. The molecule has 0 bridgehead atoms. The predicted octanol–water partition coefficient (Wildman–Crippen LogP) is 9.01. The third-order valence-electron chi connectivity index (χ3n) is 8.01. The summed E-state index contributed by atoms with van der Waals surface area (Å²) >= 11 is 15.0. The Morgan fingerprint density at radius 3 is 2.33 bits per heavy atom. The van der Waals surface area contributed by atoms with Crippen molar-refractivity contribution >= 4 is 85.3 Å². The van der Waals surface area contributed by atoms with Crippen LogP contribution in [0.2, 0.25) is 0 Å². The van der Waals surface area contributed by atoms with E-state index in [1.54, 1.807) is 0 Å². The van der Waals surface area contributed by atoms with Crippen molar-refractivity contribution in [1.82, 2.24) is 0 Å². The van der Waals surface area contributed by atoms with Crippen LogP contribution in [0.15, 0.2) is 90.8 Å². The van der Waals surface area contributed by atoms with Gasteiger partial charge < -0.3 is 0 Å². The van der Waals surface area contributed by atoms with E-state index in [0.29, 0.717) is 5.56 Å². The molecule has 36 heavy (non-hydrogen) atoms. The highest BCUT2D eigenvalue weighted by atomic mass is 79.9. The average Bonchev–Trinajstić information content (AvgIpc) is 2.89. The molecule has 0 aliphatic heterocycles. The molecule has 5 aliphatic carbocycles. The van der Waals surface area contributed by atoms with E-state index in [1.165, 1.54) is 5.57 Å². The summed E-state index contributed by atoms with van der Waals surface area (Å²) in [6.07, 6.45) is 6.38. The van der Waals surface area contributed by atoms with Crippen LogP contribution in [0.3, 0.4) is 0 Å². The van der Waals surface area contributed by atoms with Crippen LogP contribution < -0.4 is 0 Å². The zero-order valence-corrected chi connectivity index (χ0v) is 24.6. The molecule has 6 heteroatoms. The molecule has 0 fully saturated rings. The minimum absolute atomic E-state index is 0.00663. The first kappa shape index (κ1) is 21.9. The number of benzene rings is 3. The zero-order valence-electron chi connectivity index (χ0n) is 18.3. The summed E-state index contributed by atoms with van der Waals surface area (Å²) in [4.78, 5) is 27.4. The fourth-order valence-electron chi connectivity index (χ4n) is 6.60. The van der Waals surface area contributed by atoms with Gasteiger partial charge in [0.2, 0.25) is 0 Å². The quantitative estimate of drug-likeness (QED) is 0.217. The van der Waals surface area contributed by atoms with Gasteiger partial charge in [0, 0.05) is 63.1 Å². The van der Waals surface area contributed by atoms with Crippen molar-refractivity contribution in [1.29, 1.82) is 0 Å². The number of rotatable bonds is 0. The number of ketones is 2. The van der Waals surface area contributed by atoms with Crippen LogP contribution >= 0.6 is 63.7 Å². The van der Waals surface area contributed by atoms with Gasteiger partial charge in [0.25, 0.3) is 0 Å². The third kappa shape index (κ3) is 2.47. The molecular formula is C30H12Br4O2. The Hall–Kier alpha value is -2.12.